The monoisotopic (exact) mass is 279 g/mol. The van der Waals surface area contributed by atoms with Gasteiger partial charge in [0.15, 0.2) is 0 Å². The smallest absolute Gasteiger partial charge is 0.251 e. The highest BCUT2D eigenvalue weighted by Gasteiger charge is 2.14. The van der Waals surface area contributed by atoms with Crippen molar-refractivity contribution in [2.45, 2.75) is 46.0 Å². The summed E-state index contributed by atoms with van der Waals surface area (Å²) in [5.74, 6) is -0.0903. The Balaban J connectivity index is 2.46. The van der Waals surface area contributed by atoms with Crippen LogP contribution in [0, 0.1) is 0 Å². The molecule has 112 valence electrons. The Labute approximate surface area is 121 Å². The number of benzene rings is 1. The van der Waals surface area contributed by atoms with Gasteiger partial charge in [-0.1, -0.05) is 18.2 Å². The molecule has 0 aliphatic rings. The lowest BCUT2D eigenvalue weighted by Gasteiger charge is -2.22. The van der Waals surface area contributed by atoms with Crippen LogP contribution in [0.2, 0.25) is 0 Å². The Morgan fingerprint density at radius 1 is 1.10 bits per heavy atom. The maximum atomic E-state index is 12.0. The van der Waals surface area contributed by atoms with E-state index in [0.717, 1.165) is 0 Å². The fourth-order valence-corrected chi connectivity index (χ4v) is 1.73. The first kappa shape index (κ1) is 16.7. The predicted molar refractivity (Wildman–Crippen MR) is 79.9 cm³/mol. The highest BCUT2D eigenvalue weighted by atomic mass is 16.5. The van der Waals surface area contributed by atoms with Gasteiger partial charge in [0, 0.05) is 12.1 Å². The van der Waals surface area contributed by atoms with Crippen molar-refractivity contribution in [3.05, 3.63) is 35.9 Å². The van der Waals surface area contributed by atoms with Crippen molar-refractivity contribution in [1.82, 2.24) is 5.32 Å². The van der Waals surface area contributed by atoms with Crippen LogP contribution in [0.15, 0.2) is 30.3 Å². The minimum atomic E-state index is -0.134. The van der Waals surface area contributed by atoms with Crippen molar-refractivity contribution < 1.29 is 14.3 Å². The fraction of sp³-hybridized carbons (Fsp3) is 0.562. The Bertz CT molecular complexity index is 390. The zero-order valence-corrected chi connectivity index (χ0v) is 12.8. The maximum absolute atomic E-state index is 12.0. The molecule has 1 amide bonds. The number of nitrogens with one attached hydrogen (secondary N) is 1. The molecule has 1 rings (SSSR count). The average Bonchev–Trinajstić information content (AvgIpc) is 2.42. The molecule has 0 radical (unpaired) electrons. The standard InChI is InChI=1S/C16H25NO3/c1-12(2)19-11-15(20-13(3)4)10-17-16(18)14-8-6-5-7-9-14/h5-9,12-13,15H,10-11H2,1-4H3,(H,17,18). The molecular formula is C16H25NO3. The summed E-state index contributed by atoms with van der Waals surface area (Å²) in [5, 5.41) is 2.88. The average molecular weight is 279 g/mol. The van der Waals surface area contributed by atoms with Gasteiger partial charge in [-0.3, -0.25) is 4.79 Å². The first-order chi connectivity index (χ1) is 9.49. The van der Waals surface area contributed by atoms with Gasteiger partial charge < -0.3 is 14.8 Å². The number of carbonyl (C=O) groups is 1. The van der Waals surface area contributed by atoms with Crippen molar-refractivity contribution in [3.8, 4) is 0 Å². The molecule has 1 atom stereocenters. The van der Waals surface area contributed by atoms with E-state index >= 15 is 0 Å². The zero-order valence-electron chi connectivity index (χ0n) is 12.8. The van der Waals surface area contributed by atoms with E-state index in [9.17, 15) is 4.79 Å². The lowest BCUT2D eigenvalue weighted by atomic mass is 10.2. The van der Waals surface area contributed by atoms with E-state index in [1.165, 1.54) is 0 Å². The first-order valence-electron chi connectivity index (χ1n) is 7.09. The molecule has 4 nitrogen and oxygen atoms in total. The molecular weight excluding hydrogens is 254 g/mol. The van der Waals surface area contributed by atoms with Crippen molar-refractivity contribution in [2.24, 2.45) is 0 Å². The molecule has 1 N–H and O–H groups in total. The van der Waals surface area contributed by atoms with Gasteiger partial charge in [0.05, 0.1) is 24.9 Å². The van der Waals surface area contributed by atoms with E-state index in [0.29, 0.717) is 18.7 Å². The Kier molecular flexibility index (Phi) is 7.26. The van der Waals surface area contributed by atoms with Gasteiger partial charge >= 0.3 is 0 Å². The molecule has 0 aliphatic heterocycles. The number of carbonyl (C=O) groups excluding carboxylic acids is 1. The van der Waals surface area contributed by atoms with Gasteiger partial charge in [0.2, 0.25) is 0 Å². The molecule has 0 aliphatic carbocycles. The van der Waals surface area contributed by atoms with Crippen LogP contribution in [-0.2, 0) is 9.47 Å². The van der Waals surface area contributed by atoms with E-state index in [-0.39, 0.29) is 24.2 Å². The molecule has 0 fully saturated rings. The molecule has 0 spiro atoms. The van der Waals surface area contributed by atoms with Crippen LogP contribution in [0.1, 0.15) is 38.1 Å². The predicted octanol–water partition coefficient (Wildman–Crippen LogP) is 2.64. The normalized spacial score (nSPS) is 12.7. The minimum Gasteiger partial charge on any atom is -0.376 e. The second-order valence-electron chi connectivity index (χ2n) is 5.26. The molecule has 0 saturated carbocycles. The number of amides is 1. The van der Waals surface area contributed by atoms with E-state index in [1.54, 1.807) is 12.1 Å². The molecule has 1 aromatic carbocycles. The van der Waals surface area contributed by atoms with Gasteiger partial charge in [0.1, 0.15) is 0 Å². The van der Waals surface area contributed by atoms with Gasteiger partial charge in [-0.2, -0.15) is 0 Å². The van der Waals surface area contributed by atoms with Crippen molar-refractivity contribution in [1.29, 1.82) is 0 Å². The largest absolute Gasteiger partial charge is 0.376 e. The molecule has 0 bridgehead atoms. The second-order valence-corrected chi connectivity index (χ2v) is 5.26. The van der Waals surface area contributed by atoms with Crippen LogP contribution in [0.5, 0.6) is 0 Å². The van der Waals surface area contributed by atoms with Gasteiger partial charge in [-0.25, -0.2) is 0 Å². The summed E-state index contributed by atoms with van der Waals surface area (Å²) in [5.41, 5.74) is 0.653. The molecule has 0 aromatic heterocycles. The Morgan fingerprint density at radius 2 is 1.75 bits per heavy atom. The van der Waals surface area contributed by atoms with E-state index < -0.39 is 0 Å². The van der Waals surface area contributed by atoms with Gasteiger partial charge in [0.25, 0.3) is 5.91 Å². The molecule has 4 heteroatoms. The first-order valence-corrected chi connectivity index (χ1v) is 7.09. The van der Waals surface area contributed by atoms with Crippen LogP contribution in [0.3, 0.4) is 0 Å². The summed E-state index contributed by atoms with van der Waals surface area (Å²) >= 11 is 0. The molecule has 0 saturated heterocycles. The molecule has 0 heterocycles. The Hall–Kier alpha value is -1.39. The van der Waals surface area contributed by atoms with Gasteiger partial charge in [-0.05, 0) is 39.8 Å². The summed E-state index contributed by atoms with van der Waals surface area (Å²) < 4.78 is 11.3. The lowest BCUT2D eigenvalue weighted by Crippen LogP contribution is -2.38. The van der Waals surface area contributed by atoms with Crippen molar-refractivity contribution >= 4 is 5.91 Å². The molecule has 1 unspecified atom stereocenters. The van der Waals surface area contributed by atoms with Crippen molar-refractivity contribution in [3.63, 3.8) is 0 Å². The summed E-state index contributed by atoms with van der Waals surface area (Å²) in [6, 6.07) is 9.16. The number of rotatable bonds is 8. The fourth-order valence-electron chi connectivity index (χ4n) is 1.73. The SMILES string of the molecule is CC(C)OCC(CNC(=O)c1ccccc1)OC(C)C. The number of hydrogen-bond acceptors (Lipinski definition) is 3. The summed E-state index contributed by atoms with van der Waals surface area (Å²) in [6.45, 7) is 8.83. The second kappa shape index (κ2) is 8.72. The molecule has 1 aromatic rings. The minimum absolute atomic E-state index is 0.0903. The molecule has 20 heavy (non-hydrogen) atoms. The quantitative estimate of drug-likeness (QED) is 0.796. The van der Waals surface area contributed by atoms with E-state index in [1.807, 2.05) is 45.9 Å². The maximum Gasteiger partial charge on any atom is 0.251 e. The Morgan fingerprint density at radius 3 is 2.30 bits per heavy atom. The lowest BCUT2D eigenvalue weighted by molar-refractivity contribution is -0.0561. The van der Waals surface area contributed by atoms with Crippen LogP contribution in [-0.4, -0.2) is 37.4 Å². The van der Waals surface area contributed by atoms with Crippen LogP contribution >= 0.6 is 0 Å². The van der Waals surface area contributed by atoms with E-state index in [4.69, 9.17) is 9.47 Å². The third kappa shape index (κ3) is 6.68. The highest BCUT2D eigenvalue weighted by Crippen LogP contribution is 2.02. The summed E-state index contributed by atoms with van der Waals surface area (Å²) in [6.07, 6.45) is 0.118. The topological polar surface area (TPSA) is 47.6 Å². The van der Waals surface area contributed by atoms with Crippen LogP contribution in [0.25, 0.3) is 0 Å². The third-order valence-corrected chi connectivity index (χ3v) is 2.61. The van der Waals surface area contributed by atoms with E-state index in [2.05, 4.69) is 5.32 Å². The number of hydrogen-bond donors (Lipinski definition) is 1. The van der Waals surface area contributed by atoms with Crippen LogP contribution in [0.4, 0.5) is 0 Å². The highest BCUT2D eigenvalue weighted by molar-refractivity contribution is 5.94. The third-order valence-electron chi connectivity index (χ3n) is 2.61. The summed E-state index contributed by atoms with van der Waals surface area (Å²) in [4.78, 5) is 12.0. The van der Waals surface area contributed by atoms with Gasteiger partial charge in [-0.15, -0.1) is 0 Å². The summed E-state index contributed by atoms with van der Waals surface area (Å²) in [7, 11) is 0. The van der Waals surface area contributed by atoms with Crippen molar-refractivity contribution in [2.75, 3.05) is 13.2 Å². The number of ether oxygens (including phenoxy) is 2. The van der Waals surface area contributed by atoms with Crippen LogP contribution < -0.4 is 5.32 Å². The zero-order chi connectivity index (χ0) is 15.0.